The molecular formula is C21H27NO4. The van der Waals surface area contributed by atoms with Crippen molar-refractivity contribution in [2.75, 3.05) is 19.8 Å². The van der Waals surface area contributed by atoms with Gasteiger partial charge in [-0.1, -0.05) is 29.8 Å². The van der Waals surface area contributed by atoms with Gasteiger partial charge in [0.05, 0.1) is 19.8 Å². The van der Waals surface area contributed by atoms with E-state index in [1.807, 2.05) is 52.0 Å². The Bertz CT molecular complexity index is 698. The molecule has 1 N–H and O–H groups in total. The van der Waals surface area contributed by atoms with Gasteiger partial charge < -0.3 is 19.5 Å². The number of amides is 1. The van der Waals surface area contributed by atoms with Gasteiger partial charge in [-0.3, -0.25) is 4.79 Å². The zero-order valence-electron chi connectivity index (χ0n) is 15.9. The van der Waals surface area contributed by atoms with Crippen LogP contribution >= 0.6 is 0 Å². The van der Waals surface area contributed by atoms with E-state index in [9.17, 15) is 4.79 Å². The summed E-state index contributed by atoms with van der Waals surface area (Å²) >= 11 is 0. The van der Waals surface area contributed by atoms with Gasteiger partial charge in [-0.2, -0.15) is 0 Å². The molecule has 0 fully saturated rings. The minimum absolute atomic E-state index is 0.185. The molecule has 0 aliphatic carbocycles. The number of nitrogens with one attached hydrogen (secondary N) is 1. The maximum atomic E-state index is 12.6. The number of carbonyl (C=O) groups excluding carboxylic acids is 1. The first kappa shape index (κ1) is 19.6. The number of aryl methyl sites for hydroxylation is 1. The van der Waals surface area contributed by atoms with Crippen LogP contribution in [0.25, 0.3) is 0 Å². The molecule has 2 aromatic carbocycles. The zero-order valence-corrected chi connectivity index (χ0v) is 15.9. The van der Waals surface area contributed by atoms with Crippen LogP contribution in [0, 0.1) is 6.92 Å². The molecule has 0 aromatic heterocycles. The molecule has 0 bridgehead atoms. The SMILES string of the molecule is CCOc1cc(C(=O)NCc2ccc(C)cc2)cc(OCC)c1OCC. The van der Waals surface area contributed by atoms with Crippen molar-refractivity contribution in [3.8, 4) is 17.2 Å². The topological polar surface area (TPSA) is 56.8 Å². The summed E-state index contributed by atoms with van der Waals surface area (Å²) in [5, 5.41) is 2.93. The Morgan fingerprint density at radius 3 is 1.92 bits per heavy atom. The highest BCUT2D eigenvalue weighted by molar-refractivity contribution is 5.95. The molecule has 0 saturated heterocycles. The number of hydrogen-bond donors (Lipinski definition) is 1. The number of hydrogen-bond acceptors (Lipinski definition) is 4. The first-order valence-electron chi connectivity index (χ1n) is 8.99. The van der Waals surface area contributed by atoms with E-state index in [1.54, 1.807) is 12.1 Å². The minimum Gasteiger partial charge on any atom is -0.490 e. The molecule has 0 aliphatic heterocycles. The largest absolute Gasteiger partial charge is 0.490 e. The molecule has 0 unspecified atom stereocenters. The van der Waals surface area contributed by atoms with Crippen molar-refractivity contribution in [1.82, 2.24) is 5.32 Å². The van der Waals surface area contributed by atoms with E-state index in [0.29, 0.717) is 49.2 Å². The number of rotatable bonds is 9. The molecule has 0 radical (unpaired) electrons. The van der Waals surface area contributed by atoms with Gasteiger partial charge in [-0.05, 0) is 45.4 Å². The van der Waals surface area contributed by atoms with Gasteiger partial charge in [0.25, 0.3) is 5.91 Å². The quantitative estimate of drug-likeness (QED) is 0.733. The van der Waals surface area contributed by atoms with Crippen molar-refractivity contribution in [2.45, 2.75) is 34.2 Å². The van der Waals surface area contributed by atoms with Gasteiger partial charge in [-0.15, -0.1) is 0 Å². The molecule has 5 heteroatoms. The van der Waals surface area contributed by atoms with Crippen LogP contribution < -0.4 is 19.5 Å². The molecule has 26 heavy (non-hydrogen) atoms. The second-order valence-corrected chi connectivity index (χ2v) is 5.77. The summed E-state index contributed by atoms with van der Waals surface area (Å²) in [4.78, 5) is 12.6. The summed E-state index contributed by atoms with van der Waals surface area (Å²) in [6.45, 7) is 9.60. The van der Waals surface area contributed by atoms with E-state index in [1.165, 1.54) is 5.56 Å². The molecule has 140 valence electrons. The monoisotopic (exact) mass is 357 g/mol. The summed E-state index contributed by atoms with van der Waals surface area (Å²) in [6, 6.07) is 11.5. The van der Waals surface area contributed by atoms with Crippen molar-refractivity contribution in [3.63, 3.8) is 0 Å². The molecule has 0 aliphatic rings. The molecule has 2 rings (SSSR count). The van der Waals surface area contributed by atoms with Crippen LogP contribution in [-0.2, 0) is 6.54 Å². The average molecular weight is 357 g/mol. The highest BCUT2D eigenvalue weighted by atomic mass is 16.5. The molecule has 1 amide bonds. The summed E-state index contributed by atoms with van der Waals surface area (Å²) in [5.74, 6) is 1.38. The van der Waals surface area contributed by atoms with Crippen LogP contribution in [0.3, 0.4) is 0 Å². The third kappa shape index (κ3) is 5.15. The number of carbonyl (C=O) groups is 1. The van der Waals surface area contributed by atoms with Gasteiger partial charge in [0.15, 0.2) is 11.5 Å². The molecule has 0 saturated carbocycles. The molecular weight excluding hydrogens is 330 g/mol. The summed E-state index contributed by atoms with van der Waals surface area (Å²) in [6.07, 6.45) is 0. The standard InChI is InChI=1S/C21H27NO4/c1-5-24-18-12-17(13-19(25-6-2)20(18)26-7-3)21(23)22-14-16-10-8-15(4)9-11-16/h8-13H,5-7,14H2,1-4H3,(H,22,23). The first-order valence-corrected chi connectivity index (χ1v) is 8.99. The summed E-state index contributed by atoms with van der Waals surface area (Å²) in [7, 11) is 0. The lowest BCUT2D eigenvalue weighted by atomic mass is 10.1. The van der Waals surface area contributed by atoms with E-state index < -0.39 is 0 Å². The third-order valence-electron chi connectivity index (χ3n) is 3.74. The lowest BCUT2D eigenvalue weighted by Crippen LogP contribution is -2.23. The smallest absolute Gasteiger partial charge is 0.251 e. The normalized spacial score (nSPS) is 10.3. The first-order chi connectivity index (χ1) is 12.6. The van der Waals surface area contributed by atoms with Crippen molar-refractivity contribution < 1.29 is 19.0 Å². The Labute approximate surface area is 155 Å². The van der Waals surface area contributed by atoms with Crippen LogP contribution in [-0.4, -0.2) is 25.7 Å². The fraction of sp³-hybridized carbons (Fsp3) is 0.381. The van der Waals surface area contributed by atoms with Crippen LogP contribution in [0.5, 0.6) is 17.2 Å². The molecule has 0 spiro atoms. The summed E-state index contributed by atoms with van der Waals surface area (Å²) in [5.41, 5.74) is 2.71. The van der Waals surface area contributed by atoms with Gasteiger partial charge in [0.2, 0.25) is 5.75 Å². The number of ether oxygens (including phenoxy) is 3. The average Bonchev–Trinajstić information content (AvgIpc) is 2.63. The minimum atomic E-state index is -0.185. The Balaban J connectivity index is 2.22. The van der Waals surface area contributed by atoms with E-state index in [4.69, 9.17) is 14.2 Å². The summed E-state index contributed by atoms with van der Waals surface area (Å²) < 4.78 is 17.0. The maximum absolute atomic E-state index is 12.6. The molecule has 0 heterocycles. The fourth-order valence-corrected chi connectivity index (χ4v) is 2.51. The third-order valence-corrected chi connectivity index (χ3v) is 3.74. The molecule has 0 atom stereocenters. The van der Waals surface area contributed by atoms with Crippen LogP contribution in [0.4, 0.5) is 0 Å². The zero-order chi connectivity index (χ0) is 18.9. The lowest BCUT2D eigenvalue weighted by molar-refractivity contribution is 0.0949. The van der Waals surface area contributed by atoms with Crippen molar-refractivity contribution in [2.24, 2.45) is 0 Å². The van der Waals surface area contributed by atoms with Gasteiger partial charge in [0.1, 0.15) is 0 Å². The van der Waals surface area contributed by atoms with Gasteiger partial charge in [0, 0.05) is 12.1 Å². The Kier molecular flexibility index (Phi) is 7.33. The van der Waals surface area contributed by atoms with Gasteiger partial charge >= 0.3 is 0 Å². The van der Waals surface area contributed by atoms with E-state index >= 15 is 0 Å². The van der Waals surface area contributed by atoms with E-state index in [0.717, 1.165) is 5.56 Å². The lowest BCUT2D eigenvalue weighted by Gasteiger charge is -2.17. The van der Waals surface area contributed by atoms with Crippen molar-refractivity contribution >= 4 is 5.91 Å². The number of benzene rings is 2. The Morgan fingerprint density at radius 2 is 1.42 bits per heavy atom. The maximum Gasteiger partial charge on any atom is 0.251 e. The highest BCUT2D eigenvalue weighted by Crippen LogP contribution is 2.39. The van der Waals surface area contributed by atoms with Crippen molar-refractivity contribution in [1.29, 1.82) is 0 Å². The van der Waals surface area contributed by atoms with E-state index in [2.05, 4.69) is 5.32 Å². The second kappa shape index (κ2) is 9.70. The Morgan fingerprint density at radius 1 is 0.885 bits per heavy atom. The second-order valence-electron chi connectivity index (χ2n) is 5.77. The van der Waals surface area contributed by atoms with Crippen LogP contribution in [0.15, 0.2) is 36.4 Å². The van der Waals surface area contributed by atoms with Crippen LogP contribution in [0.2, 0.25) is 0 Å². The van der Waals surface area contributed by atoms with Crippen molar-refractivity contribution in [3.05, 3.63) is 53.1 Å². The fourth-order valence-electron chi connectivity index (χ4n) is 2.51. The highest BCUT2D eigenvalue weighted by Gasteiger charge is 2.18. The Hall–Kier alpha value is -2.69. The molecule has 2 aromatic rings. The van der Waals surface area contributed by atoms with E-state index in [-0.39, 0.29) is 5.91 Å². The van der Waals surface area contributed by atoms with Gasteiger partial charge in [-0.25, -0.2) is 0 Å². The van der Waals surface area contributed by atoms with Crippen LogP contribution in [0.1, 0.15) is 42.3 Å². The molecule has 5 nitrogen and oxygen atoms in total. The predicted molar refractivity (Wildman–Crippen MR) is 102 cm³/mol. The predicted octanol–water partition coefficient (Wildman–Crippen LogP) is 4.12.